The Kier molecular flexibility index (Phi) is 4.53. The number of sulfonamides is 1. The lowest BCUT2D eigenvalue weighted by Crippen LogP contribution is -2.49. The lowest BCUT2D eigenvalue weighted by Gasteiger charge is -2.35. The van der Waals surface area contributed by atoms with E-state index in [4.69, 9.17) is 9.47 Å². The number of nitrogens with zero attached hydrogens (tertiary/aromatic N) is 1. The molecular weight excluding hydrogens is 356 g/mol. The Morgan fingerprint density at radius 2 is 1.69 bits per heavy atom. The molecular formula is C18H20N2O5S. The van der Waals surface area contributed by atoms with Crippen LogP contribution in [0.4, 0.5) is 11.4 Å². The monoisotopic (exact) mass is 376 g/mol. The van der Waals surface area contributed by atoms with E-state index in [2.05, 4.69) is 5.32 Å². The number of aryl methyl sites for hydroxylation is 1. The van der Waals surface area contributed by atoms with Crippen LogP contribution in [0.2, 0.25) is 0 Å². The Balaban J connectivity index is 2.21. The molecule has 0 aliphatic carbocycles. The summed E-state index contributed by atoms with van der Waals surface area (Å²) in [5, 5.41) is 2.73. The van der Waals surface area contributed by atoms with E-state index < -0.39 is 16.1 Å². The highest BCUT2D eigenvalue weighted by Crippen LogP contribution is 2.39. The molecule has 2 aromatic carbocycles. The Morgan fingerprint density at radius 3 is 2.35 bits per heavy atom. The second-order valence-electron chi connectivity index (χ2n) is 5.96. The molecule has 0 saturated carbocycles. The number of benzene rings is 2. The number of fused-ring (bicyclic) bond motifs is 1. The van der Waals surface area contributed by atoms with Crippen molar-refractivity contribution in [1.82, 2.24) is 0 Å². The molecule has 1 amide bonds. The first-order chi connectivity index (χ1) is 12.3. The first kappa shape index (κ1) is 18.1. The summed E-state index contributed by atoms with van der Waals surface area (Å²) >= 11 is 0. The third-order valence-corrected chi connectivity index (χ3v) is 6.38. The van der Waals surface area contributed by atoms with Gasteiger partial charge in [-0.3, -0.25) is 9.10 Å². The van der Waals surface area contributed by atoms with Crippen molar-refractivity contribution in [2.45, 2.75) is 24.8 Å². The SMILES string of the molecule is COc1cc(C)c(S(=O)(=O)N2c3ccccc3NC(=O)C2C)cc1OC. The summed E-state index contributed by atoms with van der Waals surface area (Å²) in [6.07, 6.45) is 0. The van der Waals surface area contributed by atoms with Gasteiger partial charge in [0.1, 0.15) is 6.04 Å². The van der Waals surface area contributed by atoms with Crippen molar-refractivity contribution in [2.75, 3.05) is 23.8 Å². The molecule has 0 fully saturated rings. The molecule has 1 N–H and O–H groups in total. The zero-order valence-electron chi connectivity index (χ0n) is 14.9. The van der Waals surface area contributed by atoms with Gasteiger partial charge in [0.25, 0.3) is 10.0 Å². The van der Waals surface area contributed by atoms with Gasteiger partial charge in [0, 0.05) is 6.07 Å². The molecule has 7 nitrogen and oxygen atoms in total. The van der Waals surface area contributed by atoms with Gasteiger partial charge in [0.2, 0.25) is 5.91 Å². The van der Waals surface area contributed by atoms with Crippen molar-refractivity contribution in [2.24, 2.45) is 0 Å². The zero-order chi connectivity index (χ0) is 19.1. The number of nitrogens with one attached hydrogen (secondary N) is 1. The van der Waals surface area contributed by atoms with Gasteiger partial charge in [-0.1, -0.05) is 12.1 Å². The summed E-state index contributed by atoms with van der Waals surface area (Å²) in [5.41, 5.74) is 1.38. The van der Waals surface area contributed by atoms with E-state index in [0.29, 0.717) is 28.4 Å². The lowest BCUT2D eigenvalue weighted by atomic mass is 10.1. The van der Waals surface area contributed by atoms with Gasteiger partial charge in [-0.15, -0.1) is 0 Å². The fraction of sp³-hybridized carbons (Fsp3) is 0.278. The Bertz CT molecular complexity index is 972. The number of methoxy groups -OCH3 is 2. The van der Waals surface area contributed by atoms with E-state index in [1.807, 2.05) is 0 Å². The molecule has 0 radical (unpaired) electrons. The van der Waals surface area contributed by atoms with Gasteiger partial charge in [0.05, 0.1) is 30.5 Å². The van der Waals surface area contributed by atoms with Gasteiger partial charge in [0.15, 0.2) is 11.5 Å². The minimum absolute atomic E-state index is 0.0616. The molecule has 1 unspecified atom stereocenters. The van der Waals surface area contributed by atoms with Crippen molar-refractivity contribution in [1.29, 1.82) is 0 Å². The summed E-state index contributed by atoms with van der Waals surface area (Å²) in [6.45, 7) is 3.23. The molecule has 1 heterocycles. The van der Waals surface area contributed by atoms with Gasteiger partial charge in [-0.25, -0.2) is 8.42 Å². The molecule has 1 aliphatic heterocycles. The summed E-state index contributed by atoms with van der Waals surface area (Å²) in [7, 11) is -1.08. The van der Waals surface area contributed by atoms with E-state index in [1.54, 1.807) is 44.2 Å². The minimum atomic E-state index is -4.01. The summed E-state index contributed by atoms with van der Waals surface area (Å²) < 4.78 is 38.5. The zero-order valence-corrected chi connectivity index (χ0v) is 15.8. The van der Waals surface area contributed by atoms with E-state index in [1.165, 1.54) is 20.3 Å². The number of para-hydroxylation sites is 2. The van der Waals surface area contributed by atoms with Crippen LogP contribution in [0.3, 0.4) is 0 Å². The quantitative estimate of drug-likeness (QED) is 0.886. The standard InChI is InChI=1S/C18H20N2O5S/c1-11-9-15(24-3)16(25-4)10-17(11)26(22,23)20-12(2)18(21)19-13-7-5-6-8-14(13)20/h5-10,12H,1-4H3,(H,19,21). The van der Waals surface area contributed by atoms with Crippen LogP contribution in [0.5, 0.6) is 11.5 Å². The van der Waals surface area contributed by atoms with Crippen molar-refractivity contribution in [3.63, 3.8) is 0 Å². The van der Waals surface area contributed by atoms with Crippen LogP contribution in [-0.2, 0) is 14.8 Å². The number of rotatable bonds is 4. The Hall–Kier alpha value is -2.74. The van der Waals surface area contributed by atoms with Crippen LogP contribution in [0.15, 0.2) is 41.3 Å². The molecule has 0 bridgehead atoms. The number of carbonyl (C=O) groups excluding carboxylic acids is 1. The molecule has 0 saturated heterocycles. The first-order valence-corrected chi connectivity index (χ1v) is 9.42. The van der Waals surface area contributed by atoms with Crippen molar-refractivity contribution >= 4 is 27.3 Å². The smallest absolute Gasteiger partial charge is 0.265 e. The third kappa shape index (κ3) is 2.76. The largest absolute Gasteiger partial charge is 0.493 e. The number of carbonyl (C=O) groups is 1. The molecule has 2 aromatic rings. The van der Waals surface area contributed by atoms with E-state index in [9.17, 15) is 13.2 Å². The first-order valence-electron chi connectivity index (χ1n) is 7.98. The predicted octanol–water partition coefficient (Wildman–Crippen LogP) is 2.55. The van der Waals surface area contributed by atoms with Gasteiger partial charge < -0.3 is 14.8 Å². The van der Waals surface area contributed by atoms with Crippen molar-refractivity contribution < 1.29 is 22.7 Å². The van der Waals surface area contributed by atoms with Crippen molar-refractivity contribution in [3.05, 3.63) is 42.0 Å². The van der Waals surface area contributed by atoms with Crippen LogP contribution in [0.1, 0.15) is 12.5 Å². The third-order valence-electron chi connectivity index (χ3n) is 4.35. The summed E-state index contributed by atoms with van der Waals surface area (Å²) in [4.78, 5) is 12.4. The molecule has 0 spiro atoms. The van der Waals surface area contributed by atoms with Crippen LogP contribution in [0, 0.1) is 6.92 Å². The fourth-order valence-electron chi connectivity index (χ4n) is 3.01. The molecule has 8 heteroatoms. The van der Waals surface area contributed by atoms with Crippen LogP contribution >= 0.6 is 0 Å². The molecule has 3 rings (SSSR count). The predicted molar refractivity (Wildman–Crippen MR) is 98.5 cm³/mol. The molecule has 138 valence electrons. The molecule has 1 aliphatic rings. The molecule has 0 aromatic heterocycles. The van der Waals surface area contributed by atoms with Crippen LogP contribution in [0.25, 0.3) is 0 Å². The number of anilines is 2. The van der Waals surface area contributed by atoms with Crippen molar-refractivity contribution in [3.8, 4) is 11.5 Å². The molecule has 1 atom stereocenters. The van der Waals surface area contributed by atoms with Crippen LogP contribution in [-0.4, -0.2) is 34.6 Å². The second-order valence-corrected chi connectivity index (χ2v) is 7.74. The van der Waals surface area contributed by atoms with Gasteiger partial charge >= 0.3 is 0 Å². The maximum atomic E-state index is 13.4. The minimum Gasteiger partial charge on any atom is -0.493 e. The Morgan fingerprint density at radius 1 is 1.08 bits per heavy atom. The second kappa shape index (κ2) is 6.53. The highest BCUT2D eigenvalue weighted by molar-refractivity contribution is 7.93. The van der Waals surface area contributed by atoms with Crippen LogP contribution < -0.4 is 19.1 Å². The number of hydrogen-bond acceptors (Lipinski definition) is 5. The summed E-state index contributed by atoms with van der Waals surface area (Å²) in [5.74, 6) is 0.360. The molecule has 26 heavy (non-hydrogen) atoms. The normalized spacial score (nSPS) is 16.7. The lowest BCUT2D eigenvalue weighted by molar-refractivity contribution is -0.117. The maximum absolute atomic E-state index is 13.4. The van der Waals surface area contributed by atoms with E-state index in [0.717, 1.165) is 4.31 Å². The summed E-state index contributed by atoms with van der Waals surface area (Å²) in [6, 6.07) is 8.94. The Labute approximate surface area is 152 Å². The number of amides is 1. The topological polar surface area (TPSA) is 84.9 Å². The maximum Gasteiger partial charge on any atom is 0.265 e. The average Bonchev–Trinajstić information content (AvgIpc) is 2.61. The highest BCUT2D eigenvalue weighted by Gasteiger charge is 2.39. The van der Waals surface area contributed by atoms with E-state index >= 15 is 0 Å². The number of ether oxygens (including phenoxy) is 2. The highest BCUT2D eigenvalue weighted by atomic mass is 32.2. The number of hydrogen-bond donors (Lipinski definition) is 1. The van der Waals surface area contributed by atoms with Gasteiger partial charge in [-0.2, -0.15) is 0 Å². The average molecular weight is 376 g/mol. The van der Waals surface area contributed by atoms with E-state index in [-0.39, 0.29) is 10.8 Å². The van der Waals surface area contributed by atoms with Gasteiger partial charge in [-0.05, 0) is 37.6 Å². The fourth-order valence-corrected chi connectivity index (χ4v) is 4.87.